The van der Waals surface area contributed by atoms with Gasteiger partial charge in [0.25, 0.3) is 0 Å². The van der Waals surface area contributed by atoms with E-state index < -0.39 is 0 Å². The number of fused-ring (bicyclic) bond motifs is 3. The van der Waals surface area contributed by atoms with E-state index in [2.05, 4.69) is 33.0 Å². The summed E-state index contributed by atoms with van der Waals surface area (Å²) in [6.45, 7) is 4.31. The molecule has 0 bridgehead atoms. The molecule has 0 saturated carbocycles. The van der Waals surface area contributed by atoms with Crippen LogP contribution in [-0.4, -0.2) is 45.4 Å². The molecule has 22 heavy (non-hydrogen) atoms. The molecule has 0 spiro atoms. The molecule has 1 aromatic carbocycles. The van der Waals surface area contributed by atoms with Crippen LogP contribution in [0.4, 0.5) is 0 Å². The van der Waals surface area contributed by atoms with Crippen molar-refractivity contribution in [2.75, 3.05) is 19.7 Å². The first-order valence-electron chi connectivity index (χ1n) is 7.90. The maximum atomic E-state index is 5.63. The zero-order chi connectivity index (χ0) is 14.9. The number of imidazole rings is 1. The lowest BCUT2D eigenvalue weighted by Crippen LogP contribution is -2.45. The molecule has 116 valence electrons. The maximum Gasteiger partial charge on any atom is 0.169 e. The van der Waals surface area contributed by atoms with Crippen LogP contribution in [0.3, 0.4) is 0 Å². The van der Waals surface area contributed by atoms with Crippen molar-refractivity contribution in [3.05, 3.63) is 30.1 Å². The van der Waals surface area contributed by atoms with E-state index >= 15 is 0 Å². The average Bonchev–Trinajstić information content (AvgIpc) is 3.19. The fourth-order valence-corrected chi connectivity index (χ4v) is 3.50. The van der Waals surface area contributed by atoms with Crippen LogP contribution in [-0.2, 0) is 17.8 Å². The number of hydrogen-bond donors (Lipinski definition) is 1. The normalized spacial score (nSPS) is 21.1. The van der Waals surface area contributed by atoms with Crippen LogP contribution in [0.5, 0.6) is 0 Å². The highest BCUT2D eigenvalue weighted by Crippen LogP contribution is 2.20. The third-order valence-electron chi connectivity index (χ3n) is 4.45. The van der Waals surface area contributed by atoms with Gasteiger partial charge in [-0.05, 0) is 37.2 Å². The first-order chi connectivity index (χ1) is 10.8. The Morgan fingerprint density at radius 1 is 1.36 bits per heavy atom. The van der Waals surface area contributed by atoms with Crippen LogP contribution in [0.2, 0.25) is 0 Å². The first kappa shape index (κ1) is 14.0. The lowest BCUT2D eigenvalue weighted by molar-refractivity contribution is 0.113. The SMILES string of the molecule is S=C(NC[C@H]1CCCO1)N1CCn2c(nc3ccccc32)C1. The van der Waals surface area contributed by atoms with E-state index in [0.29, 0.717) is 6.10 Å². The van der Waals surface area contributed by atoms with Gasteiger partial charge in [-0.3, -0.25) is 0 Å². The number of nitrogens with one attached hydrogen (secondary N) is 1. The molecule has 1 N–H and O–H groups in total. The summed E-state index contributed by atoms with van der Waals surface area (Å²) in [7, 11) is 0. The molecular formula is C16H20N4OS. The van der Waals surface area contributed by atoms with Gasteiger partial charge in [0.1, 0.15) is 5.82 Å². The third kappa shape index (κ3) is 2.57. The van der Waals surface area contributed by atoms with Gasteiger partial charge >= 0.3 is 0 Å². The Balaban J connectivity index is 1.43. The summed E-state index contributed by atoms with van der Waals surface area (Å²) >= 11 is 5.54. The van der Waals surface area contributed by atoms with Crippen molar-refractivity contribution in [2.24, 2.45) is 0 Å². The van der Waals surface area contributed by atoms with Crippen molar-refractivity contribution in [2.45, 2.75) is 32.0 Å². The van der Waals surface area contributed by atoms with Crippen molar-refractivity contribution in [1.29, 1.82) is 0 Å². The molecule has 6 heteroatoms. The number of benzene rings is 1. The molecule has 5 nitrogen and oxygen atoms in total. The van der Waals surface area contributed by atoms with Crippen molar-refractivity contribution in [3.8, 4) is 0 Å². The monoisotopic (exact) mass is 316 g/mol. The molecule has 2 aliphatic rings. The first-order valence-corrected chi connectivity index (χ1v) is 8.30. The molecule has 2 aliphatic heterocycles. The molecule has 2 aromatic rings. The number of aromatic nitrogens is 2. The largest absolute Gasteiger partial charge is 0.376 e. The van der Waals surface area contributed by atoms with E-state index in [1.54, 1.807) is 0 Å². The second-order valence-corrected chi connectivity index (χ2v) is 6.30. The predicted molar refractivity (Wildman–Crippen MR) is 89.7 cm³/mol. The Morgan fingerprint density at radius 3 is 3.14 bits per heavy atom. The minimum Gasteiger partial charge on any atom is -0.376 e. The van der Waals surface area contributed by atoms with Crippen molar-refractivity contribution in [1.82, 2.24) is 19.8 Å². The van der Waals surface area contributed by atoms with Gasteiger partial charge in [0.15, 0.2) is 5.11 Å². The van der Waals surface area contributed by atoms with Crippen molar-refractivity contribution in [3.63, 3.8) is 0 Å². The van der Waals surface area contributed by atoms with E-state index in [0.717, 1.165) is 62.1 Å². The Labute approximate surface area is 135 Å². The summed E-state index contributed by atoms with van der Waals surface area (Å²) in [6, 6.07) is 8.30. The van der Waals surface area contributed by atoms with E-state index in [4.69, 9.17) is 21.9 Å². The Hall–Kier alpha value is -1.66. The van der Waals surface area contributed by atoms with E-state index in [-0.39, 0.29) is 0 Å². The van der Waals surface area contributed by atoms with Crippen LogP contribution < -0.4 is 5.32 Å². The van der Waals surface area contributed by atoms with Crippen LogP contribution in [0.25, 0.3) is 11.0 Å². The number of nitrogens with zero attached hydrogens (tertiary/aromatic N) is 3. The molecule has 1 atom stereocenters. The highest BCUT2D eigenvalue weighted by atomic mass is 32.1. The highest BCUT2D eigenvalue weighted by Gasteiger charge is 2.22. The van der Waals surface area contributed by atoms with E-state index in [9.17, 15) is 0 Å². The standard InChI is InChI=1S/C16H20N4OS/c22-16(17-10-12-4-3-9-21-12)19-7-8-20-14-6-2-1-5-13(14)18-15(20)11-19/h1-2,5-6,12H,3-4,7-11H2,(H,17,22)/t12-/m1/s1. The summed E-state index contributed by atoms with van der Waals surface area (Å²) < 4.78 is 7.93. The molecule has 1 aromatic heterocycles. The van der Waals surface area contributed by atoms with Crippen molar-refractivity contribution < 1.29 is 4.74 Å². The topological polar surface area (TPSA) is 42.3 Å². The van der Waals surface area contributed by atoms with Gasteiger partial charge in [-0.15, -0.1) is 0 Å². The van der Waals surface area contributed by atoms with Gasteiger partial charge in [0.2, 0.25) is 0 Å². The zero-order valence-electron chi connectivity index (χ0n) is 12.5. The summed E-state index contributed by atoms with van der Waals surface area (Å²) in [5, 5.41) is 4.17. The number of ether oxygens (including phenoxy) is 1. The Bertz CT molecular complexity index is 693. The smallest absolute Gasteiger partial charge is 0.169 e. The second kappa shape index (κ2) is 5.85. The third-order valence-corrected chi connectivity index (χ3v) is 4.85. The fraction of sp³-hybridized carbons (Fsp3) is 0.500. The van der Waals surface area contributed by atoms with Gasteiger partial charge in [-0.1, -0.05) is 12.1 Å². The van der Waals surface area contributed by atoms with Gasteiger partial charge < -0.3 is 19.5 Å². The zero-order valence-corrected chi connectivity index (χ0v) is 13.3. The summed E-state index contributed by atoms with van der Waals surface area (Å²) in [5.74, 6) is 1.09. The van der Waals surface area contributed by atoms with E-state index in [1.807, 2.05) is 6.07 Å². The number of rotatable bonds is 2. The Morgan fingerprint density at radius 2 is 2.27 bits per heavy atom. The number of thiocarbonyl (C=S) groups is 1. The van der Waals surface area contributed by atoms with Gasteiger partial charge in [-0.25, -0.2) is 4.98 Å². The van der Waals surface area contributed by atoms with Crippen LogP contribution in [0, 0.1) is 0 Å². The fourth-order valence-electron chi connectivity index (χ4n) is 3.26. The Kier molecular flexibility index (Phi) is 3.72. The molecule has 0 amide bonds. The predicted octanol–water partition coefficient (Wildman–Crippen LogP) is 1.91. The minimum absolute atomic E-state index is 0.312. The molecule has 1 fully saturated rings. The lowest BCUT2D eigenvalue weighted by Gasteiger charge is -2.30. The van der Waals surface area contributed by atoms with Gasteiger partial charge in [-0.2, -0.15) is 0 Å². The molecule has 4 rings (SSSR count). The van der Waals surface area contributed by atoms with Gasteiger partial charge in [0.05, 0.1) is 23.7 Å². The molecule has 0 aliphatic carbocycles. The molecule has 3 heterocycles. The van der Waals surface area contributed by atoms with Crippen LogP contribution in [0.15, 0.2) is 24.3 Å². The molecule has 0 unspecified atom stereocenters. The average molecular weight is 316 g/mol. The highest BCUT2D eigenvalue weighted by molar-refractivity contribution is 7.80. The van der Waals surface area contributed by atoms with E-state index in [1.165, 1.54) is 5.52 Å². The molecule has 0 radical (unpaired) electrons. The minimum atomic E-state index is 0.312. The summed E-state index contributed by atoms with van der Waals surface area (Å²) in [6.07, 6.45) is 2.60. The quantitative estimate of drug-likeness (QED) is 0.857. The van der Waals surface area contributed by atoms with Gasteiger partial charge in [0, 0.05) is 26.2 Å². The number of hydrogen-bond acceptors (Lipinski definition) is 3. The molecule has 1 saturated heterocycles. The lowest BCUT2D eigenvalue weighted by atomic mass is 10.2. The van der Waals surface area contributed by atoms with Crippen LogP contribution in [0.1, 0.15) is 18.7 Å². The maximum absolute atomic E-state index is 5.63. The summed E-state index contributed by atoms with van der Waals surface area (Å²) in [5.41, 5.74) is 2.29. The summed E-state index contributed by atoms with van der Waals surface area (Å²) in [4.78, 5) is 6.93. The number of para-hydroxylation sites is 2. The second-order valence-electron chi connectivity index (χ2n) is 5.91. The van der Waals surface area contributed by atoms with Crippen molar-refractivity contribution >= 4 is 28.4 Å². The van der Waals surface area contributed by atoms with Crippen LogP contribution >= 0.6 is 12.2 Å². The molecular weight excluding hydrogens is 296 g/mol.